The third-order valence-electron chi connectivity index (χ3n) is 4.11. The van der Waals surface area contributed by atoms with Gasteiger partial charge >= 0.3 is 0 Å². The number of hydrogen-bond donors (Lipinski definition) is 1. The molecule has 0 radical (unpaired) electrons. The van der Waals surface area contributed by atoms with Crippen LogP contribution < -0.4 is 5.32 Å². The Morgan fingerprint density at radius 3 is 3.09 bits per heavy atom. The fourth-order valence-electron chi connectivity index (χ4n) is 2.96. The van der Waals surface area contributed by atoms with Gasteiger partial charge in [0.2, 0.25) is 5.91 Å². The molecule has 2 aromatic rings. The van der Waals surface area contributed by atoms with Gasteiger partial charge in [0.05, 0.1) is 12.2 Å². The number of nitrogens with one attached hydrogen (secondary N) is 1. The zero-order valence-electron chi connectivity index (χ0n) is 13.2. The lowest BCUT2D eigenvalue weighted by atomic mass is 10.0. The molecule has 0 spiro atoms. The second-order valence-corrected chi connectivity index (χ2v) is 6.33. The number of halogens is 1. The van der Waals surface area contributed by atoms with Gasteiger partial charge in [-0.1, -0.05) is 23.7 Å². The lowest BCUT2D eigenvalue weighted by Crippen LogP contribution is -2.48. The van der Waals surface area contributed by atoms with Crippen LogP contribution in [0.5, 0.6) is 0 Å². The molecule has 1 fully saturated rings. The Morgan fingerprint density at radius 2 is 2.35 bits per heavy atom. The summed E-state index contributed by atoms with van der Waals surface area (Å²) in [6, 6.07) is 7.79. The first kappa shape index (κ1) is 16.0. The highest BCUT2D eigenvalue weighted by Crippen LogP contribution is 2.25. The summed E-state index contributed by atoms with van der Waals surface area (Å²) >= 11 is 6.10. The quantitative estimate of drug-likeness (QED) is 0.935. The molecular formula is C17H21ClN4O. The van der Waals surface area contributed by atoms with Crippen LogP contribution in [0.2, 0.25) is 5.02 Å². The number of aromatic nitrogens is 2. The Hall–Kier alpha value is -1.85. The lowest BCUT2D eigenvalue weighted by Gasteiger charge is -2.36. The number of hydrogen-bond acceptors (Lipinski definition) is 3. The number of rotatable bonds is 4. The van der Waals surface area contributed by atoms with Crippen molar-refractivity contribution in [3.8, 4) is 0 Å². The van der Waals surface area contributed by atoms with E-state index in [1.54, 1.807) is 0 Å². The largest absolute Gasteiger partial charge is 0.333 e. The van der Waals surface area contributed by atoms with Crippen molar-refractivity contribution in [2.24, 2.45) is 0 Å². The van der Waals surface area contributed by atoms with Crippen LogP contribution in [0.1, 0.15) is 23.6 Å². The van der Waals surface area contributed by atoms with E-state index in [0.29, 0.717) is 24.5 Å². The third kappa shape index (κ3) is 3.92. The molecule has 23 heavy (non-hydrogen) atoms. The van der Waals surface area contributed by atoms with E-state index in [-0.39, 0.29) is 11.9 Å². The van der Waals surface area contributed by atoms with Crippen molar-refractivity contribution >= 4 is 17.5 Å². The monoisotopic (exact) mass is 332 g/mol. The molecule has 1 saturated heterocycles. The summed E-state index contributed by atoms with van der Waals surface area (Å²) in [6.07, 6.45) is 4.22. The number of amides is 1. The molecule has 0 bridgehead atoms. The van der Waals surface area contributed by atoms with E-state index in [1.165, 1.54) is 0 Å². The molecule has 1 unspecified atom stereocenters. The number of aryl methyl sites for hydroxylation is 2. The zero-order valence-corrected chi connectivity index (χ0v) is 14.0. The number of benzene rings is 1. The maximum absolute atomic E-state index is 12.7. The van der Waals surface area contributed by atoms with Gasteiger partial charge in [-0.05, 0) is 30.2 Å². The van der Waals surface area contributed by atoms with Gasteiger partial charge in [0.1, 0.15) is 0 Å². The summed E-state index contributed by atoms with van der Waals surface area (Å²) in [5, 5.41) is 8.30. The topological polar surface area (TPSA) is 50.2 Å². The average Bonchev–Trinajstić information content (AvgIpc) is 2.98. The van der Waals surface area contributed by atoms with Crippen LogP contribution in [0.15, 0.2) is 36.7 Å². The maximum atomic E-state index is 12.7. The number of piperazine rings is 1. The van der Waals surface area contributed by atoms with Crippen molar-refractivity contribution in [2.75, 3.05) is 19.6 Å². The van der Waals surface area contributed by atoms with Gasteiger partial charge in [0.25, 0.3) is 0 Å². The highest BCUT2D eigenvalue weighted by molar-refractivity contribution is 6.30. The van der Waals surface area contributed by atoms with Crippen LogP contribution in [0, 0.1) is 6.92 Å². The summed E-state index contributed by atoms with van der Waals surface area (Å²) in [5.41, 5.74) is 2.18. The molecule has 1 aromatic heterocycles. The van der Waals surface area contributed by atoms with E-state index in [2.05, 4.69) is 10.4 Å². The van der Waals surface area contributed by atoms with Gasteiger partial charge in [-0.25, -0.2) is 0 Å². The highest BCUT2D eigenvalue weighted by atomic mass is 35.5. The summed E-state index contributed by atoms with van der Waals surface area (Å²) in [6.45, 7) is 4.90. The summed E-state index contributed by atoms with van der Waals surface area (Å²) in [5.74, 6) is 0.157. The van der Waals surface area contributed by atoms with E-state index in [4.69, 9.17) is 11.6 Å². The summed E-state index contributed by atoms with van der Waals surface area (Å²) < 4.78 is 1.82. The minimum atomic E-state index is 0.0364. The highest BCUT2D eigenvalue weighted by Gasteiger charge is 2.27. The van der Waals surface area contributed by atoms with E-state index in [1.807, 2.05) is 53.2 Å². The van der Waals surface area contributed by atoms with Crippen LogP contribution in [-0.4, -0.2) is 40.2 Å². The molecule has 0 saturated carbocycles. The van der Waals surface area contributed by atoms with E-state index < -0.39 is 0 Å². The molecule has 1 aliphatic rings. The van der Waals surface area contributed by atoms with Crippen molar-refractivity contribution in [3.63, 3.8) is 0 Å². The molecule has 1 N–H and O–H groups in total. The molecule has 1 aliphatic heterocycles. The van der Waals surface area contributed by atoms with Crippen molar-refractivity contribution in [1.82, 2.24) is 20.0 Å². The van der Waals surface area contributed by atoms with Gasteiger partial charge in [0, 0.05) is 43.8 Å². The standard InChI is InChI=1S/C17H21ClN4O/c1-13-10-20-21(12-13)7-5-17(23)22-8-6-19-11-16(22)14-3-2-4-15(18)9-14/h2-4,9-10,12,16,19H,5-8,11H2,1H3. The van der Waals surface area contributed by atoms with Crippen LogP contribution in [-0.2, 0) is 11.3 Å². The number of carbonyl (C=O) groups is 1. The number of carbonyl (C=O) groups excluding carboxylic acids is 1. The van der Waals surface area contributed by atoms with Crippen molar-refractivity contribution in [1.29, 1.82) is 0 Å². The Balaban J connectivity index is 1.69. The molecule has 1 atom stereocenters. The second kappa shape index (κ2) is 7.15. The molecule has 2 heterocycles. The maximum Gasteiger partial charge on any atom is 0.225 e. The second-order valence-electron chi connectivity index (χ2n) is 5.89. The van der Waals surface area contributed by atoms with Crippen LogP contribution in [0.25, 0.3) is 0 Å². The summed E-state index contributed by atoms with van der Waals surface area (Å²) in [7, 11) is 0. The number of nitrogens with zero attached hydrogens (tertiary/aromatic N) is 3. The van der Waals surface area contributed by atoms with Crippen LogP contribution in [0.3, 0.4) is 0 Å². The van der Waals surface area contributed by atoms with E-state index in [0.717, 1.165) is 24.2 Å². The molecule has 5 nitrogen and oxygen atoms in total. The zero-order chi connectivity index (χ0) is 16.2. The minimum absolute atomic E-state index is 0.0364. The van der Waals surface area contributed by atoms with Crippen molar-refractivity contribution in [2.45, 2.75) is 25.9 Å². The summed E-state index contributed by atoms with van der Waals surface area (Å²) in [4.78, 5) is 14.6. The van der Waals surface area contributed by atoms with Gasteiger partial charge in [-0.3, -0.25) is 9.48 Å². The molecule has 3 rings (SSSR count). The van der Waals surface area contributed by atoms with Crippen molar-refractivity contribution in [3.05, 3.63) is 52.8 Å². The average molecular weight is 333 g/mol. The van der Waals surface area contributed by atoms with Crippen LogP contribution >= 0.6 is 11.6 Å². The third-order valence-corrected chi connectivity index (χ3v) is 4.35. The molecule has 1 amide bonds. The molecule has 0 aliphatic carbocycles. The first-order chi connectivity index (χ1) is 11.1. The Morgan fingerprint density at radius 1 is 1.48 bits per heavy atom. The van der Waals surface area contributed by atoms with Gasteiger partial charge < -0.3 is 10.2 Å². The Kier molecular flexibility index (Phi) is 4.98. The Labute approximate surface area is 141 Å². The van der Waals surface area contributed by atoms with E-state index in [9.17, 15) is 4.79 Å². The smallest absolute Gasteiger partial charge is 0.225 e. The van der Waals surface area contributed by atoms with Gasteiger partial charge in [-0.2, -0.15) is 5.10 Å². The first-order valence-electron chi connectivity index (χ1n) is 7.88. The fourth-order valence-corrected chi connectivity index (χ4v) is 3.16. The Bertz CT molecular complexity index is 685. The molecule has 1 aromatic carbocycles. The van der Waals surface area contributed by atoms with E-state index >= 15 is 0 Å². The van der Waals surface area contributed by atoms with Crippen molar-refractivity contribution < 1.29 is 4.79 Å². The van der Waals surface area contributed by atoms with Gasteiger partial charge in [-0.15, -0.1) is 0 Å². The molecule has 122 valence electrons. The minimum Gasteiger partial charge on any atom is -0.333 e. The normalized spacial score (nSPS) is 18.2. The molecular weight excluding hydrogens is 312 g/mol. The lowest BCUT2D eigenvalue weighted by molar-refractivity contribution is -0.134. The first-order valence-corrected chi connectivity index (χ1v) is 8.26. The van der Waals surface area contributed by atoms with Gasteiger partial charge in [0.15, 0.2) is 0 Å². The van der Waals surface area contributed by atoms with Crippen LogP contribution in [0.4, 0.5) is 0 Å². The molecule has 6 heteroatoms. The predicted molar refractivity (Wildman–Crippen MR) is 90.4 cm³/mol. The SMILES string of the molecule is Cc1cnn(CCC(=O)N2CCNCC2c2cccc(Cl)c2)c1. The fraction of sp³-hybridized carbons (Fsp3) is 0.412. The predicted octanol–water partition coefficient (Wildman–Crippen LogP) is 2.41.